The molecule has 2 heterocycles. The molecule has 1 aliphatic heterocycles. The van der Waals surface area contributed by atoms with Crippen molar-refractivity contribution < 1.29 is 14.0 Å². The molecule has 0 bridgehead atoms. The number of benzene rings is 1. The largest absolute Gasteiger partial charge is 0.459 e. The number of carbonyl (C=O) groups excluding carboxylic acids is 2. The summed E-state index contributed by atoms with van der Waals surface area (Å²) in [7, 11) is 0. The second kappa shape index (κ2) is 8.08. The third-order valence-corrected chi connectivity index (χ3v) is 4.91. The Kier molecular flexibility index (Phi) is 5.61. The van der Waals surface area contributed by atoms with E-state index in [1.165, 1.54) is 17.4 Å². The molecule has 1 aromatic carbocycles. The van der Waals surface area contributed by atoms with Crippen LogP contribution in [0.3, 0.4) is 0 Å². The zero-order valence-corrected chi connectivity index (χ0v) is 15.3. The fourth-order valence-corrected chi connectivity index (χ4v) is 3.12. The van der Waals surface area contributed by atoms with Gasteiger partial charge in [-0.3, -0.25) is 9.59 Å². The smallest absolute Gasteiger partial charge is 0.289 e. The van der Waals surface area contributed by atoms with E-state index in [4.69, 9.17) is 4.42 Å². The average molecular weight is 355 g/mol. The van der Waals surface area contributed by atoms with Crippen LogP contribution < -0.4 is 5.32 Å². The highest BCUT2D eigenvalue weighted by Crippen LogP contribution is 2.18. The lowest BCUT2D eigenvalue weighted by Crippen LogP contribution is -2.50. The Hall–Kier alpha value is -2.76. The molecule has 138 valence electrons. The van der Waals surface area contributed by atoms with Gasteiger partial charge in [0.05, 0.1) is 6.26 Å². The number of furan rings is 1. The van der Waals surface area contributed by atoms with Crippen molar-refractivity contribution >= 4 is 17.5 Å². The molecular weight excluding hydrogens is 330 g/mol. The number of hydrogen-bond acceptors (Lipinski definition) is 4. The standard InChI is InChI=1S/C20H25N3O3/c1-15-5-3-6-17(16(15)2)21-9-8-19(24)22-10-12-23(13-11-22)20(25)18-7-4-14-26-18/h3-7,14,21H,8-13H2,1-2H3. The van der Waals surface area contributed by atoms with Crippen molar-refractivity contribution in [3.05, 3.63) is 53.5 Å². The van der Waals surface area contributed by atoms with Crippen molar-refractivity contribution in [3.63, 3.8) is 0 Å². The molecule has 1 aliphatic rings. The molecule has 6 nitrogen and oxygen atoms in total. The van der Waals surface area contributed by atoms with Crippen LogP contribution in [0, 0.1) is 13.8 Å². The highest BCUT2D eigenvalue weighted by Gasteiger charge is 2.25. The van der Waals surface area contributed by atoms with Gasteiger partial charge in [-0.25, -0.2) is 0 Å². The van der Waals surface area contributed by atoms with Gasteiger partial charge in [-0.1, -0.05) is 12.1 Å². The van der Waals surface area contributed by atoms with E-state index in [9.17, 15) is 9.59 Å². The number of nitrogens with one attached hydrogen (secondary N) is 1. The molecule has 2 aromatic rings. The van der Waals surface area contributed by atoms with Crippen LogP contribution in [0.2, 0.25) is 0 Å². The van der Waals surface area contributed by atoms with Gasteiger partial charge in [-0.05, 0) is 43.2 Å². The summed E-state index contributed by atoms with van der Waals surface area (Å²) >= 11 is 0. The third kappa shape index (κ3) is 4.07. The van der Waals surface area contributed by atoms with E-state index in [2.05, 4.69) is 25.2 Å². The fraction of sp³-hybridized carbons (Fsp3) is 0.400. The first-order valence-corrected chi connectivity index (χ1v) is 8.97. The maximum absolute atomic E-state index is 12.4. The van der Waals surface area contributed by atoms with Crippen LogP contribution in [-0.2, 0) is 4.79 Å². The van der Waals surface area contributed by atoms with Gasteiger partial charge in [0.2, 0.25) is 5.91 Å². The molecule has 6 heteroatoms. The number of hydrogen-bond donors (Lipinski definition) is 1. The highest BCUT2D eigenvalue weighted by molar-refractivity contribution is 5.91. The van der Waals surface area contributed by atoms with Gasteiger partial charge in [0.1, 0.15) is 0 Å². The molecule has 0 saturated carbocycles. The number of anilines is 1. The molecule has 0 unspecified atom stereocenters. The van der Waals surface area contributed by atoms with Crippen molar-refractivity contribution in [2.24, 2.45) is 0 Å². The first-order valence-electron chi connectivity index (χ1n) is 8.97. The van der Waals surface area contributed by atoms with Crippen LogP contribution in [0.1, 0.15) is 28.1 Å². The summed E-state index contributed by atoms with van der Waals surface area (Å²) in [6.45, 7) is 6.97. The van der Waals surface area contributed by atoms with Crippen molar-refractivity contribution in [2.45, 2.75) is 20.3 Å². The lowest BCUT2D eigenvalue weighted by Gasteiger charge is -2.34. The Balaban J connectivity index is 1.44. The number of carbonyl (C=O) groups is 2. The Labute approximate surface area is 153 Å². The van der Waals surface area contributed by atoms with E-state index in [-0.39, 0.29) is 11.8 Å². The topological polar surface area (TPSA) is 65.8 Å². The van der Waals surface area contributed by atoms with Crippen LogP contribution >= 0.6 is 0 Å². The monoisotopic (exact) mass is 355 g/mol. The summed E-state index contributed by atoms with van der Waals surface area (Å²) in [6.07, 6.45) is 1.94. The molecule has 26 heavy (non-hydrogen) atoms. The fourth-order valence-electron chi connectivity index (χ4n) is 3.12. The first-order chi connectivity index (χ1) is 12.6. The Bertz CT molecular complexity index is 763. The quantitative estimate of drug-likeness (QED) is 0.896. The van der Waals surface area contributed by atoms with E-state index >= 15 is 0 Å². The van der Waals surface area contributed by atoms with E-state index < -0.39 is 0 Å². The zero-order valence-electron chi connectivity index (χ0n) is 15.3. The number of amides is 2. The molecule has 1 fully saturated rings. The second-order valence-corrected chi connectivity index (χ2v) is 6.57. The SMILES string of the molecule is Cc1cccc(NCCC(=O)N2CCN(C(=O)c3ccco3)CC2)c1C. The van der Waals surface area contributed by atoms with E-state index in [0.29, 0.717) is 44.9 Å². The van der Waals surface area contributed by atoms with Crippen LogP contribution in [0.5, 0.6) is 0 Å². The molecule has 1 aromatic heterocycles. The Morgan fingerprint density at radius 2 is 1.77 bits per heavy atom. The maximum Gasteiger partial charge on any atom is 0.289 e. The molecule has 1 saturated heterocycles. The van der Waals surface area contributed by atoms with Gasteiger partial charge in [-0.2, -0.15) is 0 Å². The minimum absolute atomic E-state index is 0.112. The summed E-state index contributed by atoms with van der Waals surface area (Å²) in [4.78, 5) is 28.2. The van der Waals surface area contributed by atoms with Crippen molar-refractivity contribution in [3.8, 4) is 0 Å². The van der Waals surface area contributed by atoms with Crippen LogP contribution in [0.4, 0.5) is 5.69 Å². The van der Waals surface area contributed by atoms with E-state index in [0.717, 1.165) is 5.69 Å². The zero-order chi connectivity index (χ0) is 18.5. The number of rotatable bonds is 5. The van der Waals surface area contributed by atoms with Crippen molar-refractivity contribution in [1.82, 2.24) is 9.80 Å². The summed E-state index contributed by atoms with van der Waals surface area (Å²) in [5.41, 5.74) is 3.52. The van der Waals surface area contributed by atoms with E-state index in [1.54, 1.807) is 17.0 Å². The predicted octanol–water partition coefficient (Wildman–Crippen LogP) is 2.68. The average Bonchev–Trinajstić information content (AvgIpc) is 3.19. The van der Waals surface area contributed by atoms with Crippen molar-refractivity contribution in [2.75, 3.05) is 38.0 Å². The van der Waals surface area contributed by atoms with Gasteiger partial charge < -0.3 is 19.5 Å². The normalized spacial score (nSPS) is 14.4. The minimum atomic E-state index is -0.112. The van der Waals surface area contributed by atoms with Gasteiger partial charge in [-0.15, -0.1) is 0 Å². The Morgan fingerprint density at radius 3 is 2.46 bits per heavy atom. The van der Waals surface area contributed by atoms with Gasteiger partial charge in [0, 0.05) is 44.8 Å². The third-order valence-electron chi connectivity index (χ3n) is 4.91. The van der Waals surface area contributed by atoms with Crippen LogP contribution in [0.15, 0.2) is 41.0 Å². The molecule has 2 amide bonds. The minimum Gasteiger partial charge on any atom is -0.459 e. The molecule has 0 radical (unpaired) electrons. The molecule has 0 spiro atoms. The summed E-state index contributed by atoms with van der Waals surface area (Å²) in [5.74, 6) is 0.356. The first kappa shape index (κ1) is 18.0. The van der Waals surface area contributed by atoms with Gasteiger partial charge in [0.15, 0.2) is 5.76 Å². The van der Waals surface area contributed by atoms with Gasteiger partial charge >= 0.3 is 0 Å². The van der Waals surface area contributed by atoms with Gasteiger partial charge in [0.25, 0.3) is 5.91 Å². The van der Waals surface area contributed by atoms with Crippen LogP contribution in [-0.4, -0.2) is 54.3 Å². The van der Waals surface area contributed by atoms with Crippen molar-refractivity contribution in [1.29, 1.82) is 0 Å². The number of piperazine rings is 1. The van der Waals surface area contributed by atoms with Crippen LogP contribution in [0.25, 0.3) is 0 Å². The molecule has 0 aliphatic carbocycles. The molecule has 3 rings (SSSR count). The second-order valence-electron chi connectivity index (χ2n) is 6.57. The maximum atomic E-state index is 12.4. The lowest BCUT2D eigenvalue weighted by atomic mass is 10.1. The summed E-state index contributed by atoms with van der Waals surface area (Å²) in [5, 5.41) is 3.34. The predicted molar refractivity (Wildman–Crippen MR) is 100 cm³/mol. The number of nitrogens with zero attached hydrogens (tertiary/aromatic N) is 2. The molecular formula is C20H25N3O3. The molecule has 0 atom stereocenters. The summed E-state index contributed by atoms with van der Waals surface area (Å²) < 4.78 is 5.16. The summed E-state index contributed by atoms with van der Waals surface area (Å²) in [6, 6.07) is 9.50. The lowest BCUT2D eigenvalue weighted by molar-refractivity contribution is -0.132. The van der Waals surface area contributed by atoms with E-state index in [1.807, 2.05) is 17.0 Å². The number of aryl methyl sites for hydroxylation is 1. The molecule has 1 N–H and O–H groups in total. The Morgan fingerprint density at radius 1 is 1.04 bits per heavy atom. The highest BCUT2D eigenvalue weighted by atomic mass is 16.3.